The van der Waals surface area contributed by atoms with E-state index in [1.165, 1.54) is 31.5 Å². The normalized spacial score (nSPS) is 19.5. The third kappa shape index (κ3) is 3.18. The maximum absolute atomic E-state index is 6.30. The first-order chi connectivity index (χ1) is 8.74. The number of hydrogen-bond donors (Lipinski definition) is 1. The Bertz CT molecular complexity index is 392. The standard InChI is InChI=1S/C15H23ClN2/c1-2-3-12-7-9-18(11-12)14-5-4-13(6-8-17)15(16)10-14/h4-5,10,12H,2-3,6-9,11,17H2,1H3. The molecule has 3 heteroatoms. The highest BCUT2D eigenvalue weighted by molar-refractivity contribution is 6.31. The van der Waals surface area contributed by atoms with Gasteiger partial charge in [-0.25, -0.2) is 0 Å². The van der Waals surface area contributed by atoms with Crippen molar-refractivity contribution in [3.05, 3.63) is 28.8 Å². The number of hydrogen-bond acceptors (Lipinski definition) is 2. The lowest BCUT2D eigenvalue weighted by Crippen LogP contribution is -2.19. The zero-order valence-electron chi connectivity index (χ0n) is 11.2. The molecule has 1 aliphatic rings. The molecule has 0 radical (unpaired) electrons. The minimum absolute atomic E-state index is 0.654. The second-order valence-electron chi connectivity index (χ2n) is 5.20. The molecule has 2 rings (SSSR count). The molecule has 0 saturated carbocycles. The van der Waals surface area contributed by atoms with E-state index in [0.717, 1.165) is 29.5 Å². The molecule has 1 unspecified atom stereocenters. The van der Waals surface area contributed by atoms with Gasteiger partial charge < -0.3 is 10.6 Å². The van der Waals surface area contributed by atoms with E-state index in [9.17, 15) is 0 Å². The topological polar surface area (TPSA) is 29.3 Å². The molecule has 0 spiro atoms. The van der Waals surface area contributed by atoms with Gasteiger partial charge in [0, 0.05) is 23.8 Å². The lowest BCUT2D eigenvalue weighted by Gasteiger charge is -2.19. The molecule has 100 valence electrons. The smallest absolute Gasteiger partial charge is 0.0459 e. The summed E-state index contributed by atoms with van der Waals surface area (Å²) >= 11 is 6.30. The van der Waals surface area contributed by atoms with Crippen LogP contribution in [0.5, 0.6) is 0 Å². The number of nitrogens with two attached hydrogens (primary N) is 1. The van der Waals surface area contributed by atoms with E-state index in [4.69, 9.17) is 17.3 Å². The van der Waals surface area contributed by atoms with E-state index in [-0.39, 0.29) is 0 Å². The number of halogens is 1. The van der Waals surface area contributed by atoms with E-state index in [0.29, 0.717) is 6.54 Å². The largest absolute Gasteiger partial charge is 0.371 e. The predicted molar refractivity (Wildman–Crippen MR) is 79.4 cm³/mol. The Kier molecular flexibility index (Phi) is 4.90. The fraction of sp³-hybridized carbons (Fsp3) is 0.600. The van der Waals surface area contributed by atoms with Gasteiger partial charge in [-0.2, -0.15) is 0 Å². The zero-order valence-corrected chi connectivity index (χ0v) is 11.9. The van der Waals surface area contributed by atoms with Gasteiger partial charge in [0.25, 0.3) is 0 Å². The Hall–Kier alpha value is -0.730. The monoisotopic (exact) mass is 266 g/mol. The summed E-state index contributed by atoms with van der Waals surface area (Å²) in [7, 11) is 0. The van der Waals surface area contributed by atoms with Crippen molar-refractivity contribution in [2.75, 3.05) is 24.5 Å². The van der Waals surface area contributed by atoms with Gasteiger partial charge >= 0.3 is 0 Å². The van der Waals surface area contributed by atoms with Gasteiger partial charge in [0.05, 0.1) is 0 Å². The first kappa shape index (κ1) is 13.7. The quantitative estimate of drug-likeness (QED) is 0.884. The molecule has 2 nitrogen and oxygen atoms in total. The summed E-state index contributed by atoms with van der Waals surface area (Å²) in [4.78, 5) is 2.46. The minimum atomic E-state index is 0.654. The highest BCUT2D eigenvalue weighted by atomic mass is 35.5. The Balaban J connectivity index is 2.04. The van der Waals surface area contributed by atoms with Gasteiger partial charge in [-0.05, 0) is 49.4 Å². The Morgan fingerprint density at radius 1 is 1.44 bits per heavy atom. The van der Waals surface area contributed by atoms with Crippen LogP contribution in [0.1, 0.15) is 31.7 Å². The molecule has 0 aromatic heterocycles. The van der Waals surface area contributed by atoms with Gasteiger partial charge in [-0.3, -0.25) is 0 Å². The third-order valence-electron chi connectivity index (χ3n) is 3.80. The van der Waals surface area contributed by atoms with Crippen molar-refractivity contribution in [1.29, 1.82) is 0 Å². The maximum atomic E-state index is 6.30. The maximum Gasteiger partial charge on any atom is 0.0459 e. The van der Waals surface area contributed by atoms with Crippen molar-refractivity contribution in [2.24, 2.45) is 11.7 Å². The van der Waals surface area contributed by atoms with Crippen molar-refractivity contribution in [3.8, 4) is 0 Å². The van der Waals surface area contributed by atoms with Gasteiger partial charge in [0.15, 0.2) is 0 Å². The summed E-state index contributed by atoms with van der Waals surface area (Å²) in [5.41, 5.74) is 7.99. The molecule has 1 heterocycles. The van der Waals surface area contributed by atoms with Crippen LogP contribution in [-0.4, -0.2) is 19.6 Å². The molecule has 1 atom stereocenters. The summed E-state index contributed by atoms with van der Waals surface area (Å²) in [6, 6.07) is 6.41. The SMILES string of the molecule is CCCC1CCN(c2ccc(CCN)c(Cl)c2)C1. The minimum Gasteiger partial charge on any atom is -0.371 e. The molecule has 2 N–H and O–H groups in total. The van der Waals surface area contributed by atoms with Gasteiger partial charge in [0.1, 0.15) is 0 Å². The summed E-state index contributed by atoms with van der Waals surface area (Å²) in [6.45, 7) is 5.26. The summed E-state index contributed by atoms with van der Waals surface area (Å²) in [5.74, 6) is 0.859. The van der Waals surface area contributed by atoms with Crippen LogP contribution in [-0.2, 0) is 6.42 Å². The van der Waals surface area contributed by atoms with Crippen molar-refractivity contribution in [3.63, 3.8) is 0 Å². The molecule has 0 bridgehead atoms. The molecule has 1 aromatic carbocycles. The van der Waals surface area contributed by atoms with Crippen LogP contribution in [0, 0.1) is 5.92 Å². The average molecular weight is 267 g/mol. The Labute approximate surface area is 115 Å². The first-order valence-electron chi connectivity index (χ1n) is 6.98. The molecule has 1 fully saturated rings. The number of anilines is 1. The van der Waals surface area contributed by atoms with Crippen molar-refractivity contribution < 1.29 is 0 Å². The fourth-order valence-corrected chi connectivity index (χ4v) is 3.07. The zero-order chi connectivity index (χ0) is 13.0. The lowest BCUT2D eigenvalue weighted by atomic mass is 10.0. The molecular formula is C15H23ClN2. The molecule has 0 amide bonds. The third-order valence-corrected chi connectivity index (χ3v) is 4.15. The second-order valence-corrected chi connectivity index (χ2v) is 5.61. The summed E-state index contributed by atoms with van der Waals surface area (Å²) < 4.78 is 0. The fourth-order valence-electron chi connectivity index (χ4n) is 2.80. The number of rotatable bonds is 5. The van der Waals surface area contributed by atoms with Crippen LogP contribution in [0.4, 0.5) is 5.69 Å². The van der Waals surface area contributed by atoms with Crippen LogP contribution >= 0.6 is 11.6 Å². The highest BCUT2D eigenvalue weighted by Gasteiger charge is 2.22. The highest BCUT2D eigenvalue weighted by Crippen LogP contribution is 2.29. The number of benzene rings is 1. The molecular weight excluding hydrogens is 244 g/mol. The van der Waals surface area contributed by atoms with Crippen LogP contribution in [0.2, 0.25) is 5.02 Å². The first-order valence-corrected chi connectivity index (χ1v) is 7.35. The van der Waals surface area contributed by atoms with Gasteiger partial charge in [-0.1, -0.05) is 31.0 Å². The molecule has 1 aromatic rings. The van der Waals surface area contributed by atoms with E-state index < -0.39 is 0 Å². The lowest BCUT2D eigenvalue weighted by molar-refractivity contribution is 0.530. The molecule has 1 aliphatic heterocycles. The Morgan fingerprint density at radius 3 is 2.94 bits per heavy atom. The van der Waals surface area contributed by atoms with Crippen molar-refractivity contribution in [1.82, 2.24) is 0 Å². The van der Waals surface area contributed by atoms with Gasteiger partial charge in [-0.15, -0.1) is 0 Å². The van der Waals surface area contributed by atoms with Crippen LogP contribution in [0.3, 0.4) is 0 Å². The summed E-state index contributed by atoms with van der Waals surface area (Å²) in [5, 5.41) is 0.858. The van der Waals surface area contributed by atoms with Crippen LogP contribution in [0.25, 0.3) is 0 Å². The summed E-state index contributed by atoms with van der Waals surface area (Å²) in [6.07, 6.45) is 4.80. The second kappa shape index (κ2) is 6.44. The average Bonchev–Trinajstić information content (AvgIpc) is 2.81. The van der Waals surface area contributed by atoms with Crippen molar-refractivity contribution in [2.45, 2.75) is 32.6 Å². The van der Waals surface area contributed by atoms with E-state index in [2.05, 4.69) is 30.0 Å². The van der Waals surface area contributed by atoms with E-state index in [1.54, 1.807) is 0 Å². The van der Waals surface area contributed by atoms with E-state index >= 15 is 0 Å². The van der Waals surface area contributed by atoms with Crippen molar-refractivity contribution >= 4 is 17.3 Å². The number of nitrogens with zero attached hydrogens (tertiary/aromatic N) is 1. The molecule has 0 aliphatic carbocycles. The van der Waals surface area contributed by atoms with E-state index in [1.807, 2.05) is 0 Å². The van der Waals surface area contributed by atoms with Crippen LogP contribution in [0.15, 0.2) is 18.2 Å². The van der Waals surface area contributed by atoms with Crippen LogP contribution < -0.4 is 10.6 Å². The molecule has 1 saturated heterocycles. The van der Waals surface area contributed by atoms with Gasteiger partial charge in [0.2, 0.25) is 0 Å². The Morgan fingerprint density at radius 2 is 2.28 bits per heavy atom. The molecule has 18 heavy (non-hydrogen) atoms. The predicted octanol–water partition coefficient (Wildman–Crippen LogP) is 3.47.